The van der Waals surface area contributed by atoms with Gasteiger partial charge < -0.3 is 5.32 Å². The van der Waals surface area contributed by atoms with Crippen molar-refractivity contribution in [2.75, 3.05) is 11.9 Å². The van der Waals surface area contributed by atoms with Crippen LogP contribution in [0.25, 0.3) is 11.1 Å². The summed E-state index contributed by atoms with van der Waals surface area (Å²) in [7, 11) is 0. The fraction of sp³-hybridized carbons (Fsp3) is 0.353. The number of aromatic nitrogens is 1. The van der Waals surface area contributed by atoms with Gasteiger partial charge in [-0.15, -0.1) is 0 Å². The molecule has 102 valence electrons. The molecule has 3 nitrogen and oxygen atoms in total. The van der Waals surface area contributed by atoms with Crippen LogP contribution in [0.5, 0.6) is 0 Å². The van der Waals surface area contributed by atoms with Gasteiger partial charge in [0.05, 0.1) is 0 Å². The van der Waals surface area contributed by atoms with Gasteiger partial charge in [0.25, 0.3) is 5.56 Å². The van der Waals surface area contributed by atoms with E-state index in [0.29, 0.717) is 0 Å². The second-order valence-electron chi connectivity index (χ2n) is 5.64. The molecule has 3 heteroatoms. The third-order valence-electron chi connectivity index (χ3n) is 4.47. The van der Waals surface area contributed by atoms with Crippen LogP contribution in [0.2, 0.25) is 0 Å². The standard InChI is InChI=1S/C17H18N2O/c20-17-14-9-5-4-8-13(14)15(12-6-2-1-3-7-12)16-18-10-11-19(16)17/h1-3,6-7,18H,4-5,8-11H2. The molecule has 0 fully saturated rings. The topological polar surface area (TPSA) is 34.0 Å². The third kappa shape index (κ3) is 1.62. The molecular formula is C17H18N2O. The molecule has 20 heavy (non-hydrogen) atoms. The number of hydrogen-bond acceptors (Lipinski definition) is 2. The maximum absolute atomic E-state index is 12.6. The molecule has 0 saturated carbocycles. The summed E-state index contributed by atoms with van der Waals surface area (Å²) >= 11 is 0. The van der Waals surface area contributed by atoms with Crippen LogP contribution in [0.1, 0.15) is 24.0 Å². The number of fused-ring (bicyclic) bond motifs is 2. The van der Waals surface area contributed by atoms with Crippen LogP contribution in [-0.4, -0.2) is 11.1 Å². The van der Waals surface area contributed by atoms with Crippen molar-refractivity contribution in [3.8, 4) is 11.1 Å². The summed E-state index contributed by atoms with van der Waals surface area (Å²) in [5, 5.41) is 3.42. The van der Waals surface area contributed by atoms with Crippen LogP contribution in [0.15, 0.2) is 35.1 Å². The van der Waals surface area contributed by atoms with E-state index >= 15 is 0 Å². The monoisotopic (exact) mass is 266 g/mol. The first kappa shape index (κ1) is 11.8. The molecule has 2 heterocycles. The predicted octanol–water partition coefficient (Wildman–Crippen LogP) is 2.82. The predicted molar refractivity (Wildman–Crippen MR) is 81.3 cm³/mol. The summed E-state index contributed by atoms with van der Waals surface area (Å²) in [6.07, 6.45) is 4.30. The number of anilines is 1. The van der Waals surface area contributed by atoms with Crippen LogP contribution in [0, 0.1) is 0 Å². The Labute approximate surface area is 118 Å². The molecule has 0 amide bonds. The summed E-state index contributed by atoms with van der Waals surface area (Å²) in [5.41, 5.74) is 5.07. The molecule has 1 N–H and O–H groups in total. The van der Waals surface area contributed by atoms with Gasteiger partial charge in [0.2, 0.25) is 0 Å². The molecule has 2 aromatic rings. The first-order chi connectivity index (χ1) is 9.86. The van der Waals surface area contributed by atoms with E-state index in [1.807, 2.05) is 10.6 Å². The Kier molecular flexibility index (Phi) is 2.66. The zero-order chi connectivity index (χ0) is 13.5. The van der Waals surface area contributed by atoms with Crippen LogP contribution in [0.3, 0.4) is 0 Å². The molecule has 1 aliphatic carbocycles. The lowest BCUT2D eigenvalue weighted by molar-refractivity contribution is 0.659. The summed E-state index contributed by atoms with van der Waals surface area (Å²) in [5.74, 6) is 1.03. The Balaban J connectivity index is 2.07. The van der Waals surface area contributed by atoms with Crippen molar-refractivity contribution in [2.24, 2.45) is 0 Å². The fourth-order valence-electron chi connectivity index (χ4n) is 3.56. The van der Waals surface area contributed by atoms with Crippen LogP contribution < -0.4 is 10.9 Å². The first-order valence-corrected chi connectivity index (χ1v) is 7.44. The first-order valence-electron chi connectivity index (χ1n) is 7.44. The molecule has 0 radical (unpaired) electrons. The highest BCUT2D eigenvalue weighted by atomic mass is 16.1. The molecule has 0 unspecified atom stereocenters. The van der Waals surface area contributed by atoms with Gasteiger partial charge in [-0.05, 0) is 36.8 Å². The Hall–Kier alpha value is -2.03. The van der Waals surface area contributed by atoms with E-state index in [1.54, 1.807) is 0 Å². The minimum Gasteiger partial charge on any atom is -0.369 e. The maximum atomic E-state index is 12.6. The number of nitrogens with zero attached hydrogens (tertiary/aromatic N) is 1. The van der Waals surface area contributed by atoms with Crippen LogP contribution in [0.4, 0.5) is 5.82 Å². The SMILES string of the molecule is O=c1c2c(c(-c3ccccc3)c3n1CCN3)CCCC2. The van der Waals surface area contributed by atoms with Crippen molar-refractivity contribution >= 4 is 5.82 Å². The van der Waals surface area contributed by atoms with Crippen molar-refractivity contribution < 1.29 is 0 Å². The van der Waals surface area contributed by atoms with E-state index in [2.05, 4.69) is 29.6 Å². The average Bonchev–Trinajstić information content (AvgIpc) is 2.98. The highest BCUT2D eigenvalue weighted by Crippen LogP contribution is 2.36. The molecule has 4 rings (SSSR count). The molecule has 0 spiro atoms. The zero-order valence-corrected chi connectivity index (χ0v) is 11.5. The Morgan fingerprint density at radius 2 is 1.75 bits per heavy atom. The number of rotatable bonds is 1. The van der Waals surface area contributed by atoms with Gasteiger partial charge >= 0.3 is 0 Å². The molecule has 0 bridgehead atoms. The average molecular weight is 266 g/mol. The van der Waals surface area contributed by atoms with Crippen LogP contribution >= 0.6 is 0 Å². The maximum Gasteiger partial charge on any atom is 0.255 e. The van der Waals surface area contributed by atoms with E-state index in [0.717, 1.165) is 43.7 Å². The molecule has 2 aliphatic rings. The number of hydrogen-bond donors (Lipinski definition) is 1. The van der Waals surface area contributed by atoms with Gasteiger partial charge in [-0.3, -0.25) is 9.36 Å². The number of nitrogens with one attached hydrogen (secondary N) is 1. The van der Waals surface area contributed by atoms with E-state index in [4.69, 9.17) is 0 Å². The van der Waals surface area contributed by atoms with Crippen molar-refractivity contribution in [1.29, 1.82) is 0 Å². The molecule has 1 aromatic carbocycles. The van der Waals surface area contributed by atoms with Gasteiger partial charge in [0.1, 0.15) is 5.82 Å². The second kappa shape index (κ2) is 4.51. The summed E-state index contributed by atoms with van der Waals surface area (Å²) in [6.45, 7) is 1.65. The normalized spacial score (nSPS) is 16.4. The molecule has 1 aliphatic heterocycles. The smallest absolute Gasteiger partial charge is 0.255 e. The van der Waals surface area contributed by atoms with Crippen molar-refractivity contribution in [1.82, 2.24) is 4.57 Å². The molecular weight excluding hydrogens is 248 g/mol. The Bertz CT molecular complexity index is 716. The quantitative estimate of drug-likeness (QED) is 0.861. The van der Waals surface area contributed by atoms with Crippen molar-refractivity contribution in [3.63, 3.8) is 0 Å². The Morgan fingerprint density at radius 1 is 1.00 bits per heavy atom. The number of benzene rings is 1. The van der Waals surface area contributed by atoms with Gasteiger partial charge in [-0.1, -0.05) is 30.3 Å². The lowest BCUT2D eigenvalue weighted by Gasteiger charge is -2.22. The van der Waals surface area contributed by atoms with Crippen molar-refractivity contribution in [2.45, 2.75) is 32.2 Å². The third-order valence-corrected chi connectivity index (χ3v) is 4.47. The van der Waals surface area contributed by atoms with Gasteiger partial charge in [0, 0.05) is 24.2 Å². The van der Waals surface area contributed by atoms with Gasteiger partial charge in [0.15, 0.2) is 0 Å². The number of pyridine rings is 1. The van der Waals surface area contributed by atoms with Crippen LogP contribution in [-0.2, 0) is 19.4 Å². The molecule has 1 aromatic heterocycles. The lowest BCUT2D eigenvalue weighted by Crippen LogP contribution is -2.26. The minimum absolute atomic E-state index is 0.236. The van der Waals surface area contributed by atoms with E-state index in [9.17, 15) is 4.79 Å². The summed E-state index contributed by atoms with van der Waals surface area (Å²) < 4.78 is 1.94. The summed E-state index contributed by atoms with van der Waals surface area (Å²) in [6, 6.07) is 10.5. The largest absolute Gasteiger partial charge is 0.369 e. The highest BCUT2D eigenvalue weighted by Gasteiger charge is 2.26. The zero-order valence-electron chi connectivity index (χ0n) is 11.5. The van der Waals surface area contributed by atoms with Gasteiger partial charge in [-0.2, -0.15) is 0 Å². The van der Waals surface area contributed by atoms with Gasteiger partial charge in [-0.25, -0.2) is 0 Å². The van der Waals surface area contributed by atoms with E-state index < -0.39 is 0 Å². The van der Waals surface area contributed by atoms with E-state index in [-0.39, 0.29) is 5.56 Å². The van der Waals surface area contributed by atoms with Crippen molar-refractivity contribution in [3.05, 3.63) is 51.8 Å². The second-order valence-corrected chi connectivity index (χ2v) is 5.64. The van der Waals surface area contributed by atoms with E-state index in [1.165, 1.54) is 23.1 Å². The highest BCUT2D eigenvalue weighted by molar-refractivity contribution is 5.80. The molecule has 0 saturated heterocycles. The molecule has 0 atom stereocenters. The minimum atomic E-state index is 0.236. The summed E-state index contributed by atoms with van der Waals surface area (Å²) in [4.78, 5) is 12.6. The Morgan fingerprint density at radius 3 is 2.55 bits per heavy atom. The fourth-order valence-corrected chi connectivity index (χ4v) is 3.56. The lowest BCUT2D eigenvalue weighted by atomic mass is 9.87.